The van der Waals surface area contributed by atoms with E-state index in [1.54, 1.807) is 12.1 Å². The number of carbonyl (C=O) groups excluding carboxylic acids is 4. The third-order valence-corrected chi connectivity index (χ3v) is 19.6. The highest BCUT2D eigenvalue weighted by atomic mass is 16.6. The second-order valence-electron chi connectivity index (χ2n) is 28.8. The predicted octanol–water partition coefficient (Wildman–Crippen LogP) is 14.6. The lowest BCUT2D eigenvalue weighted by atomic mass is 9.78. The Bertz CT molecular complexity index is 3930. The predicted molar refractivity (Wildman–Crippen MR) is 408 cm³/mol. The van der Waals surface area contributed by atoms with E-state index in [-0.39, 0.29) is 54.8 Å². The number of hydrogen-bond donors (Lipinski definition) is 4. The average molecular weight is 1380 g/mol. The lowest BCUT2D eigenvalue weighted by molar-refractivity contribution is -0.191. The van der Waals surface area contributed by atoms with Crippen LogP contribution in [0.25, 0.3) is 0 Å². The molecule has 102 heavy (non-hydrogen) atoms. The number of carbonyl (C=O) groups is 2. The number of nitrogens with one attached hydrogen (secondary N) is 1. The zero-order valence-electron chi connectivity index (χ0n) is 61.8. The summed E-state index contributed by atoms with van der Waals surface area (Å²) < 4.78 is 26.8. The number of rotatable bonds is 16. The maximum absolute atomic E-state index is 12.3. The van der Waals surface area contributed by atoms with Gasteiger partial charge in [0.25, 0.3) is 0 Å². The molecule has 1 amide bonds. The summed E-state index contributed by atoms with van der Waals surface area (Å²) in [7, 11) is -0.939. The Balaban J connectivity index is 0.000000163. The van der Waals surface area contributed by atoms with E-state index in [9.17, 15) is 24.7 Å². The molecule has 0 spiro atoms. The van der Waals surface area contributed by atoms with Gasteiger partial charge in [-0.25, -0.2) is 4.79 Å². The number of hydrogen-bond acceptors (Lipinski definition) is 14. The smallest absolute Gasteiger partial charge is 0.469 e. The minimum atomic E-state index is -0.963. The summed E-state index contributed by atoms with van der Waals surface area (Å²) in [5.74, 6) is 3.69. The minimum Gasteiger partial charge on any atom is -0.469 e. The van der Waals surface area contributed by atoms with E-state index in [1.165, 1.54) is 59.1 Å². The molecule has 7 atom stereocenters. The molecule has 0 bridgehead atoms. The molecule has 5 heterocycles. The van der Waals surface area contributed by atoms with Crippen molar-refractivity contribution in [2.75, 3.05) is 38.6 Å². The molecule has 536 valence electrons. The topological polar surface area (TPSA) is 194 Å². The summed E-state index contributed by atoms with van der Waals surface area (Å²) >= 11 is 0. The van der Waals surface area contributed by atoms with Gasteiger partial charge in [-0.15, -0.1) is 0 Å². The van der Waals surface area contributed by atoms with Crippen molar-refractivity contribution in [3.8, 4) is 0 Å². The van der Waals surface area contributed by atoms with Crippen molar-refractivity contribution in [2.45, 2.75) is 157 Å². The van der Waals surface area contributed by atoms with Gasteiger partial charge in [0.1, 0.15) is 6.61 Å². The molecule has 15 nitrogen and oxygen atoms in total. The van der Waals surface area contributed by atoms with E-state index < -0.39 is 27.4 Å². The van der Waals surface area contributed by atoms with E-state index in [1.807, 2.05) is 86.6 Å². The van der Waals surface area contributed by atoms with Gasteiger partial charge in [-0.05, 0) is 132 Å². The lowest BCUT2D eigenvalue weighted by Gasteiger charge is -2.18. The van der Waals surface area contributed by atoms with Gasteiger partial charge < -0.3 is 38.5 Å². The number of anilines is 1. The van der Waals surface area contributed by atoms with Crippen LogP contribution in [0.1, 0.15) is 199 Å². The van der Waals surface area contributed by atoms with Crippen LogP contribution in [0.4, 0.5) is 10.5 Å². The third kappa shape index (κ3) is 21.9. The first-order valence-electron chi connectivity index (χ1n) is 36.1. The molecule has 2 saturated heterocycles. The van der Waals surface area contributed by atoms with Gasteiger partial charge in [-0.3, -0.25) is 19.9 Å². The standard InChI is InChI=1S/C22H27NO2.C21H27N.C18H20BNO4.C12H17BO2.C10H13BO2.CO2/c1-16(2)18-9-11-19(12-10-18)20-14-23(15-21(20)22(24)25-3)13-17-7-5-4-6-8-17;1-16(2)19-10-7-11-20(12-19)21-15-22(13-17(21)3)14-18-8-5-4-6-9-18;1-12(2)17-15-9-8-14(10-16(15)19(22)24-17)20-18(21)23-11-13-6-4-3-5-7-13;1-4-12-10-7-9(8(2)3)5-6-11(10)13(14)15-12;1-7(2)10-8-5-3-4-6-9(8)11(12)13-10;2-1-3/h4-12,16,20-21H,13-15H2,1-3H3;4-12,16-17,21H,13-15H2,1-3H3;3-10,12,17,22H,11H2,1-2H3,(H,20,21);5-8,12,14H,4H2,1-3H3;3-7,10,12H,1-2H3;/t20?,21-;17-,21?;;;;/m00..../s1. The first kappa shape index (κ1) is 79.5. The molecule has 0 aromatic heterocycles. The quantitative estimate of drug-likeness (QED) is 0.0527. The molecule has 2 fully saturated rings. The highest BCUT2D eigenvalue weighted by Gasteiger charge is 2.41. The lowest BCUT2D eigenvalue weighted by Crippen LogP contribution is -2.28. The first-order chi connectivity index (χ1) is 49.0. The molecule has 0 aliphatic carbocycles. The summed E-state index contributed by atoms with van der Waals surface area (Å²) in [6, 6.07) is 68.2. The van der Waals surface area contributed by atoms with Gasteiger partial charge in [0.15, 0.2) is 0 Å². The van der Waals surface area contributed by atoms with Gasteiger partial charge in [-0.1, -0.05) is 271 Å². The van der Waals surface area contributed by atoms with Crippen molar-refractivity contribution in [1.82, 2.24) is 9.80 Å². The molecule has 5 unspecified atom stereocenters. The maximum atomic E-state index is 12.3. The zero-order chi connectivity index (χ0) is 73.6. The number of amides is 1. The molecule has 5 aliphatic rings. The van der Waals surface area contributed by atoms with Crippen LogP contribution in [0.2, 0.25) is 0 Å². The van der Waals surface area contributed by atoms with Crippen molar-refractivity contribution < 1.29 is 57.7 Å². The van der Waals surface area contributed by atoms with Gasteiger partial charge in [-0.2, -0.15) is 9.59 Å². The van der Waals surface area contributed by atoms with Gasteiger partial charge in [0.05, 0.1) is 31.3 Å². The Kier molecular flexibility index (Phi) is 30.3. The molecule has 5 aliphatic heterocycles. The molecule has 18 heteroatoms. The molecule has 8 aromatic carbocycles. The fourth-order valence-electron chi connectivity index (χ4n) is 14.0. The van der Waals surface area contributed by atoms with E-state index >= 15 is 0 Å². The Morgan fingerprint density at radius 3 is 1.56 bits per heavy atom. The third-order valence-electron chi connectivity index (χ3n) is 19.6. The minimum absolute atomic E-state index is 0.0474. The summed E-state index contributed by atoms with van der Waals surface area (Å²) in [4.78, 5) is 45.4. The van der Waals surface area contributed by atoms with Crippen LogP contribution in [0.15, 0.2) is 200 Å². The van der Waals surface area contributed by atoms with Crippen LogP contribution in [0, 0.1) is 23.7 Å². The molecule has 13 rings (SSSR count). The molecular formula is C84H104B3N3O12. The van der Waals surface area contributed by atoms with Crippen LogP contribution in [0.3, 0.4) is 0 Å². The Morgan fingerprint density at radius 2 is 1.00 bits per heavy atom. The SMILES string of the molecule is CC(C)C1OB(O)c2cc(NC(=O)OCc3ccccc3)ccc21.CC(C)C1OB(O)c2ccccc21.CC(C)c1cccc(C2CN(Cc3ccccc3)C[C@@H]2C)c1.CCC1OB(O)c2ccc(C(C)C)cc21.COC(=O)[C@H]1CN(Cc2ccccc2)CC1c1ccc(C(C)C)cc1.O=C=O. The van der Waals surface area contributed by atoms with Crippen molar-refractivity contribution in [1.29, 1.82) is 0 Å². The normalized spacial score (nSPS) is 19.4. The van der Waals surface area contributed by atoms with E-state index in [4.69, 9.17) is 33.0 Å². The van der Waals surface area contributed by atoms with Crippen LogP contribution in [-0.4, -0.2) is 97.7 Å². The van der Waals surface area contributed by atoms with Crippen molar-refractivity contribution in [2.24, 2.45) is 23.7 Å². The maximum Gasteiger partial charge on any atom is 0.492 e. The number of benzene rings is 8. The summed E-state index contributed by atoms with van der Waals surface area (Å²) in [5.41, 5.74) is 16.8. The fraction of sp³-hybridized carbons (Fsp3) is 0.393. The summed E-state index contributed by atoms with van der Waals surface area (Å²) in [6.45, 7) is 32.2. The molecular weight excluding hydrogens is 1280 g/mol. The zero-order valence-corrected chi connectivity index (χ0v) is 61.8. The fourth-order valence-corrected chi connectivity index (χ4v) is 14.0. The highest BCUT2D eigenvalue weighted by molar-refractivity contribution is 6.62. The number of likely N-dealkylation sites (tertiary alicyclic amines) is 2. The van der Waals surface area contributed by atoms with Gasteiger partial charge >= 0.3 is 39.6 Å². The average Bonchev–Trinajstić information content (AvgIpc) is 1.67. The summed E-state index contributed by atoms with van der Waals surface area (Å²) in [6.07, 6.45) is 0.604. The monoisotopic (exact) mass is 1380 g/mol. The Hall–Kier alpha value is -8.25. The van der Waals surface area contributed by atoms with Gasteiger partial charge in [0.2, 0.25) is 0 Å². The van der Waals surface area contributed by atoms with Crippen LogP contribution in [-0.2, 0) is 57.5 Å². The second-order valence-corrected chi connectivity index (χ2v) is 28.8. The highest BCUT2D eigenvalue weighted by Crippen LogP contribution is 2.38. The van der Waals surface area contributed by atoms with Crippen molar-refractivity contribution >= 4 is 61.6 Å². The second kappa shape index (κ2) is 38.9. The van der Waals surface area contributed by atoms with Crippen LogP contribution in [0.5, 0.6) is 0 Å². The Labute approximate surface area is 606 Å². The van der Waals surface area contributed by atoms with E-state index in [2.05, 4.69) is 200 Å². The van der Waals surface area contributed by atoms with Crippen LogP contribution >= 0.6 is 0 Å². The molecule has 8 aromatic rings. The number of nitrogens with zero attached hydrogens (tertiary/aromatic N) is 2. The van der Waals surface area contributed by atoms with Crippen molar-refractivity contribution in [3.05, 3.63) is 261 Å². The first-order valence-corrected chi connectivity index (χ1v) is 36.1. The Morgan fingerprint density at radius 1 is 0.510 bits per heavy atom. The van der Waals surface area contributed by atoms with Crippen molar-refractivity contribution in [3.63, 3.8) is 0 Å². The number of ether oxygens (including phenoxy) is 2. The van der Waals surface area contributed by atoms with Crippen LogP contribution < -0.4 is 21.7 Å². The number of esters is 1. The summed E-state index contributed by atoms with van der Waals surface area (Å²) in [5, 5.41) is 32.0. The largest absolute Gasteiger partial charge is 0.492 e. The van der Waals surface area contributed by atoms with Gasteiger partial charge in [0, 0.05) is 56.8 Å². The van der Waals surface area contributed by atoms with E-state index in [0.29, 0.717) is 40.7 Å². The van der Waals surface area contributed by atoms with E-state index in [0.717, 1.165) is 71.7 Å². The molecule has 4 N–H and O–H groups in total. The molecule has 0 saturated carbocycles. The molecule has 0 radical (unpaired) electrons. The number of fused-ring (bicyclic) bond motifs is 3. The number of methoxy groups -OCH3 is 1.